The van der Waals surface area contributed by atoms with Crippen molar-refractivity contribution >= 4 is 45.0 Å². The van der Waals surface area contributed by atoms with E-state index in [1.165, 1.54) is 12.1 Å². The Morgan fingerprint density at radius 1 is 1.02 bits per heavy atom. The average Bonchev–Trinajstić information content (AvgIpc) is 2.93. The number of nitrogens with one attached hydrogen (secondary N) is 2. The predicted octanol–water partition coefficient (Wildman–Crippen LogP) is 5.09. The SMILES string of the molecule is CS(=O)(=O)N[C@H]1CCCCC1N1C(=O)c2ccccc2[C@@H](C(=O)NOCc2cccc(O)c2)[C@@H]1c1ccc(Cl)cc1Cl. The van der Waals surface area contributed by atoms with Crippen LogP contribution < -0.4 is 10.2 Å². The Kier molecular flexibility index (Phi) is 9.10. The first-order valence-corrected chi connectivity index (χ1v) is 16.2. The van der Waals surface area contributed by atoms with Gasteiger partial charge in [-0.1, -0.05) is 72.4 Å². The molecule has 1 saturated carbocycles. The highest BCUT2D eigenvalue weighted by atomic mass is 35.5. The molecule has 42 heavy (non-hydrogen) atoms. The lowest BCUT2D eigenvalue weighted by Crippen LogP contribution is -2.59. The number of halogens is 2. The molecule has 4 atom stereocenters. The third-order valence-corrected chi connectivity index (χ3v) is 9.01. The van der Waals surface area contributed by atoms with Crippen molar-refractivity contribution in [3.05, 3.63) is 99.0 Å². The third kappa shape index (κ3) is 6.58. The number of hydrogen-bond acceptors (Lipinski definition) is 6. The molecule has 3 N–H and O–H groups in total. The second-order valence-corrected chi connectivity index (χ2v) is 13.3. The van der Waals surface area contributed by atoms with Crippen molar-refractivity contribution in [2.45, 2.75) is 56.3 Å². The molecular weight excluding hydrogens is 601 g/mol. The number of nitrogens with zero attached hydrogens (tertiary/aromatic N) is 1. The molecule has 1 aliphatic heterocycles. The molecular formula is C30H31Cl2N3O6S. The van der Waals surface area contributed by atoms with Crippen molar-refractivity contribution in [1.82, 2.24) is 15.1 Å². The molecule has 0 aromatic heterocycles. The van der Waals surface area contributed by atoms with Crippen LogP contribution in [0.2, 0.25) is 10.0 Å². The highest BCUT2D eigenvalue weighted by Crippen LogP contribution is 2.47. The van der Waals surface area contributed by atoms with Gasteiger partial charge in [0.05, 0.1) is 24.8 Å². The standard InChI is InChI=1S/C30H31Cl2N3O6S/c1-42(39,40)34-25-11-4-5-12-26(25)35-28(23-14-13-19(31)16-24(23)32)27(21-9-2-3-10-22(21)30(35)38)29(37)33-41-17-18-7-6-8-20(36)15-18/h2-3,6-10,13-16,25-28,34,36H,4-5,11-12,17H2,1H3,(H,33,37)/t25-,26?,27+,28-/m0/s1. The molecule has 2 aliphatic rings. The summed E-state index contributed by atoms with van der Waals surface area (Å²) >= 11 is 13.0. The van der Waals surface area contributed by atoms with Gasteiger partial charge in [0.15, 0.2) is 0 Å². The Labute approximate surface area is 254 Å². The number of fused-ring (bicyclic) bond motifs is 1. The van der Waals surface area contributed by atoms with Gasteiger partial charge in [0.25, 0.3) is 11.8 Å². The van der Waals surface area contributed by atoms with Gasteiger partial charge in [-0.15, -0.1) is 0 Å². The maximum atomic E-state index is 14.3. The Balaban J connectivity index is 1.59. The summed E-state index contributed by atoms with van der Waals surface area (Å²) in [5.74, 6) is -1.72. The number of phenolic OH excluding ortho intramolecular Hbond substituents is 1. The number of sulfonamides is 1. The van der Waals surface area contributed by atoms with Gasteiger partial charge >= 0.3 is 0 Å². The molecule has 0 radical (unpaired) electrons. The van der Waals surface area contributed by atoms with Gasteiger partial charge in [0, 0.05) is 27.7 Å². The zero-order chi connectivity index (χ0) is 30.0. The summed E-state index contributed by atoms with van der Waals surface area (Å²) < 4.78 is 27.4. The smallest absolute Gasteiger partial charge is 0.255 e. The van der Waals surface area contributed by atoms with Crippen LogP contribution in [0.4, 0.5) is 0 Å². The molecule has 3 aromatic rings. The number of hydrogen-bond donors (Lipinski definition) is 3. The summed E-state index contributed by atoms with van der Waals surface area (Å²) in [6.07, 6.45) is 3.74. The van der Waals surface area contributed by atoms with E-state index >= 15 is 0 Å². The monoisotopic (exact) mass is 631 g/mol. The lowest BCUT2D eigenvalue weighted by atomic mass is 9.76. The van der Waals surface area contributed by atoms with Gasteiger partial charge in [-0.2, -0.15) is 0 Å². The molecule has 1 fully saturated rings. The first-order valence-electron chi connectivity index (χ1n) is 13.6. The van der Waals surface area contributed by atoms with Crippen molar-refractivity contribution in [2.24, 2.45) is 0 Å². The van der Waals surface area contributed by atoms with Crippen molar-refractivity contribution in [1.29, 1.82) is 0 Å². The van der Waals surface area contributed by atoms with Crippen molar-refractivity contribution < 1.29 is 28.0 Å². The number of carbonyl (C=O) groups excluding carboxylic acids is 2. The third-order valence-electron chi connectivity index (χ3n) is 7.71. The maximum absolute atomic E-state index is 14.3. The van der Waals surface area contributed by atoms with E-state index in [-0.39, 0.29) is 23.3 Å². The second kappa shape index (κ2) is 12.6. The minimum atomic E-state index is -3.59. The quantitative estimate of drug-likeness (QED) is 0.298. The lowest BCUT2D eigenvalue weighted by Gasteiger charge is -2.49. The molecule has 0 saturated heterocycles. The first kappa shape index (κ1) is 30.3. The van der Waals surface area contributed by atoms with E-state index in [1.807, 2.05) is 0 Å². The first-order chi connectivity index (χ1) is 20.0. The number of rotatable bonds is 8. The van der Waals surface area contributed by atoms with Crippen LogP contribution in [0.5, 0.6) is 5.75 Å². The van der Waals surface area contributed by atoms with Crippen molar-refractivity contribution in [3.63, 3.8) is 0 Å². The Hall–Kier alpha value is -3.15. The molecule has 1 aliphatic carbocycles. The van der Waals surface area contributed by atoms with Crippen LogP contribution in [0, 0.1) is 0 Å². The van der Waals surface area contributed by atoms with Gasteiger partial charge in [0.1, 0.15) is 5.75 Å². The van der Waals surface area contributed by atoms with Crippen molar-refractivity contribution in [2.75, 3.05) is 6.26 Å². The largest absolute Gasteiger partial charge is 0.508 e. The summed E-state index contributed by atoms with van der Waals surface area (Å²) in [5, 5.41) is 10.4. The van der Waals surface area contributed by atoms with Crippen LogP contribution in [0.25, 0.3) is 0 Å². The highest BCUT2D eigenvalue weighted by Gasteiger charge is 2.49. The van der Waals surface area contributed by atoms with Crippen LogP contribution in [-0.4, -0.2) is 48.6 Å². The Morgan fingerprint density at radius 2 is 1.79 bits per heavy atom. The van der Waals surface area contributed by atoms with Gasteiger partial charge in [-0.3, -0.25) is 14.4 Å². The zero-order valence-electron chi connectivity index (χ0n) is 22.8. The minimum Gasteiger partial charge on any atom is -0.508 e. The summed E-state index contributed by atoms with van der Waals surface area (Å²) in [7, 11) is -3.59. The van der Waals surface area contributed by atoms with Crippen molar-refractivity contribution in [3.8, 4) is 5.75 Å². The van der Waals surface area contributed by atoms with Crippen LogP contribution >= 0.6 is 23.2 Å². The predicted molar refractivity (Wildman–Crippen MR) is 160 cm³/mol. The van der Waals surface area contributed by atoms with E-state index in [2.05, 4.69) is 10.2 Å². The number of hydroxylamine groups is 1. The lowest BCUT2D eigenvalue weighted by molar-refractivity contribution is -0.138. The molecule has 12 heteroatoms. The minimum absolute atomic E-state index is 0.00744. The molecule has 3 aromatic carbocycles. The number of aromatic hydroxyl groups is 1. The summed E-state index contributed by atoms with van der Waals surface area (Å²) in [6.45, 7) is -0.00744. The molecule has 222 valence electrons. The van der Waals surface area contributed by atoms with E-state index in [0.29, 0.717) is 40.1 Å². The fraction of sp³-hybridized carbons (Fsp3) is 0.333. The normalized spacial score (nSPS) is 22.5. The molecule has 9 nitrogen and oxygen atoms in total. The second-order valence-electron chi connectivity index (χ2n) is 10.7. The van der Waals surface area contributed by atoms with Crippen LogP contribution in [0.3, 0.4) is 0 Å². The summed E-state index contributed by atoms with van der Waals surface area (Å²) in [6, 6.07) is 16.3. The van der Waals surface area contributed by atoms with Gasteiger partial charge in [0.2, 0.25) is 10.0 Å². The fourth-order valence-corrected chi connectivity index (χ4v) is 7.37. The van der Waals surface area contributed by atoms with Crippen LogP contribution in [0.1, 0.15) is 64.7 Å². The number of phenols is 1. The molecule has 2 amide bonds. The number of carbonyl (C=O) groups is 2. The van der Waals surface area contributed by atoms with E-state index in [1.54, 1.807) is 59.5 Å². The van der Waals surface area contributed by atoms with Gasteiger partial charge in [-0.25, -0.2) is 18.6 Å². The van der Waals surface area contributed by atoms with Gasteiger partial charge in [-0.05, 0) is 59.9 Å². The molecule has 5 rings (SSSR count). The van der Waals surface area contributed by atoms with E-state index in [0.717, 1.165) is 19.1 Å². The zero-order valence-corrected chi connectivity index (χ0v) is 25.1. The van der Waals surface area contributed by atoms with E-state index in [9.17, 15) is 23.1 Å². The van der Waals surface area contributed by atoms with E-state index < -0.39 is 40.0 Å². The van der Waals surface area contributed by atoms with E-state index in [4.69, 9.17) is 28.0 Å². The summed E-state index contributed by atoms with van der Waals surface area (Å²) in [5.41, 5.74) is 4.52. The molecule has 0 spiro atoms. The fourth-order valence-electron chi connectivity index (χ4n) is 6.03. The molecule has 1 unspecified atom stereocenters. The maximum Gasteiger partial charge on any atom is 0.255 e. The summed E-state index contributed by atoms with van der Waals surface area (Å²) in [4.78, 5) is 35.5. The van der Waals surface area contributed by atoms with Crippen LogP contribution in [0.15, 0.2) is 66.7 Å². The average molecular weight is 633 g/mol. The number of amides is 2. The topological polar surface area (TPSA) is 125 Å². The van der Waals surface area contributed by atoms with Crippen LogP contribution in [-0.2, 0) is 26.3 Å². The molecule has 1 heterocycles. The van der Waals surface area contributed by atoms with Gasteiger partial charge < -0.3 is 10.0 Å². The Bertz CT molecular complexity index is 1600. The number of benzene rings is 3. The highest BCUT2D eigenvalue weighted by molar-refractivity contribution is 7.88. The molecule has 0 bridgehead atoms. The Morgan fingerprint density at radius 3 is 2.52 bits per heavy atom.